The SMILES string of the molecule is COc1cc(NS(=O)(=O)c2ccc(-c3onc(C)c3C)o2)cc(OC)c1. The van der Waals surface area contributed by atoms with Crippen LogP contribution in [0, 0.1) is 13.8 Å². The van der Waals surface area contributed by atoms with E-state index in [1.807, 2.05) is 6.92 Å². The van der Waals surface area contributed by atoms with Gasteiger partial charge in [0, 0.05) is 23.8 Å². The molecule has 0 aliphatic carbocycles. The van der Waals surface area contributed by atoms with Gasteiger partial charge in [-0.3, -0.25) is 4.72 Å². The molecule has 1 N–H and O–H groups in total. The molecule has 2 aromatic heterocycles. The van der Waals surface area contributed by atoms with E-state index in [1.54, 1.807) is 13.0 Å². The Balaban J connectivity index is 1.91. The van der Waals surface area contributed by atoms with Gasteiger partial charge >= 0.3 is 0 Å². The van der Waals surface area contributed by atoms with E-state index >= 15 is 0 Å². The van der Waals surface area contributed by atoms with E-state index < -0.39 is 10.0 Å². The number of rotatable bonds is 6. The van der Waals surface area contributed by atoms with Crippen LogP contribution in [0.2, 0.25) is 0 Å². The van der Waals surface area contributed by atoms with Gasteiger partial charge in [0.25, 0.3) is 10.0 Å². The van der Waals surface area contributed by atoms with Crippen molar-refractivity contribution in [2.45, 2.75) is 18.9 Å². The Hall–Kier alpha value is -2.94. The first-order chi connectivity index (χ1) is 12.3. The summed E-state index contributed by atoms with van der Waals surface area (Å²) in [4.78, 5) is 0. The molecular formula is C17H18N2O6S. The smallest absolute Gasteiger partial charge is 0.295 e. The highest BCUT2D eigenvalue weighted by molar-refractivity contribution is 7.92. The minimum atomic E-state index is -3.95. The van der Waals surface area contributed by atoms with E-state index in [0.717, 1.165) is 5.56 Å². The fourth-order valence-corrected chi connectivity index (χ4v) is 3.28. The van der Waals surface area contributed by atoms with Gasteiger partial charge in [0.1, 0.15) is 11.5 Å². The second-order valence-corrected chi connectivity index (χ2v) is 7.16. The molecule has 0 aliphatic heterocycles. The number of hydrogen-bond acceptors (Lipinski definition) is 7. The number of furan rings is 1. The first kappa shape index (κ1) is 17.9. The van der Waals surface area contributed by atoms with Crippen LogP contribution in [0.25, 0.3) is 11.5 Å². The summed E-state index contributed by atoms with van der Waals surface area (Å²) < 4.78 is 48.6. The average Bonchev–Trinajstić information content (AvgIpc) is 3.22. The van der Waals surface area contributed by atoms with Gasteiger partial charge in [0.05, 0.1) is 25.6 Å². The van der Waals surface area contributed by atoms with Crippen molar-refractivity contribution in [2.75, 3.05) is 18.9 Å². The second kappa shape index (κ2) is 6.75. The molecule has 8 nitrogen and oxygen atoms in total. The first-order valence-corrected chi connectivity index (χ1v) is 9.11. The predicted octanol–water partition coefficient (Wildman–Crippen LogP) is 3.37. The number of benzene rings is 1. The fraction of sp³-hybridized carbons (Fsp3) is 0.235. The van der Waals surface area contributed by atoms with Crippen molar-refractivity contribution in [3.05, 3.63) is 41.6 Å². The maximum absolute atomic E-state index is 12.6. The lowest BCUT2D eigenvalue weighted by molar-refractivity contribution is 0.394. The van der Waals surface area contributed by atoms with E-state index in [4.69, 9.17) is 18.4 Å². The van der Waals surface area contributed by atoms with Gasteiger partial charge in [-0.2, -0.15) is 8.42 Å². The molecule has 2 heterocycles. The highest BCUT2D eigenvalue weighted by atomic mass is 32.2. The standard InChI is InChI=1S/C17H18N2O6S/c1-10-11(2)18-25-17(10)15-5-6-16(24-15)26(20,21)19-12-7-13(22-3)9-14(8-12)23-4/h5-9,19H,1-4H3. The summed E-state index contributed by atoms with van der Waals surface area (Å²) in [6.07, 6.45) is 0. The number of hydrogen-bond donors (Lipinski definition) is 1. The van der Waals surface area contributed by atoms with Gasteiger partial charge < -0.3 is 18.4 Å². The van der Waals surface area contributed by atoms with Crippen LogP contribution in [0.3, 0.4) is 0 Å². The molecule has 9 heteroatoms. The topological polar surface area (TPSA) is 104 Å². The summed E-state index contributed by atoms with van der Waals surface area (Å²) >= 11 is 0. The van der Waals surface area contributed by atoms with Crippen LogP contribution in [0.15, 0.2) is 44.4 Å². The number of aromatic nitrogens is 1. The average molecular weight is 378 g/mol. The zero-order valence-corrected chi connectivity index (χ0v) is 15.5. The van der Waals surface area contributed by atoms with Crippen LogP contribution in [-0.4, -0.2) is 27.8 Å². The summed E-state index contributed by atoms with van der Waals surface area (Å²) in [5.74, 6) is 1.59. The van der Waals surface area contributed by atoms with Gasteiger partial charge in [-0.15, -0.1) is 0 Å². The van der Waals surface area contributed by atoms with E-state index in [1.165, 1.54) is 38.5 Å². The number of methoxy groups -OCH3 is 2. The Morgan fingerprint density at radius 3 is 2.23 bits per heavy atom. The van der Waals surface area contributed by atoms with Crippen LogP contribution >= 0.6 is 0 Å². The lowest BCUT2D eigenvalue weighted by Gasteiger charge is -2.10. The van der Waals surface area contributed by atoms with Crippen molar-refractivity contribution in [3.63, 3.8) is 0 Å². The van der Waals surface area contributed by atoms with Crippen LogP contribution in [0.1, 0.15) is 11.3 Å². The van der Waals surface area contributed by atoms with Crippen molar-refractivity contribution in [3.8, 4) is 23.0 Å². The molecule has 0 spiro atoms. The Kier molecular flexibility index (Phi) is 4.64. The maximum atomic E-state index is 12.6. The Morgan fingerprint density at radius 1 is 1.04 bits per heavy atom. The van der Waals surface area contributed by atoms with Gasteiger partial charge in [-0.25, -0.2) is 0 Å². The van der Waals surface area contributed by atoms with Gasteiger partial charge in [-0.1, -0.05) is 5.16 Å². The number of anilines is 1. The minimum Gasteiger partial charge on any atom is -0.497 e. The first-order valence-electron chi connectivity index (χ1n) is 7.63. The Labute approximate surface area is 150 Å². The molecule has 138 valence electrons. The molecule has 0 aliphatic rings. The number of ether oxygens (including phenoxy) is 2. The van der Waals surface area contributed by atoms with Gasteiger partial charge in [0.15, 0.2) is 5.76 Å². The van der Waals surface area contributed by atoms with Crippen molar-refractivity contribution >= 4 is 15.7 Å². The number of aryl methyl sites for hydroxylation is 1. The summed E-state index contributed by atoms with van der Waals surface area (Å²) in [5, 5.41) is 3.59. The summed E-state index contributed by atoms with van der Waals surface area (Å²) in [5.41, 5.74) is 1.78. The van der Waals surface area contributed by atoms with Crippen LogP contribution < -0.4 is 14.2 Å². The van der Waals surface area contributed by atoms with E-state index in [2.05, 4.69) is 9.88 Å². The summed E-state index contributed by atoms with van der Waals surface area (Å²) in [6, 6.07) is 7.58. The van der Waals surface area contributed by atoms with Crippen LogP contribution in [0.5, 0.6) is 11.5 Å². The molecule has 0 saturated heterocycles. The lowest BCUT2D eigenvalue weighted by atomic mass is 10.2. The Bertz CT molecular complexity index is 1010. The fourth-order valence-electron chi connectivity index (χ4n) is 2.30. The van der Waals surface area contributed by atoms with E-state index in [9.17, 15) is 8.42 Å². The monoisotopic (exact) mass is 378 g/mol. The molecule has 0 radical (unpaired) electrons. The molecule has 3 rings (SSSR count). The van der Waals surface area contributed by atoms with E-state index in [-0.39, 0.29) is 16.5 Å². The van der Waals surface area contributed by atoms with Crippen LogP contribution in [-0.2, 0) is 10.0 Å². The quantitative estimate of drug-likeness (QED) is 0.701. The van der Waals surface area contributed by atoms with Crippen molar-refractivity contribution in [1.29, 1.82) is 0 Å². The van der Waals surface area contributed by atoms with Gasteiger partial charge in [0.2, 0.25) is 10.9 Å². The lowest BCUT2D eigenvalue weighted by Crippen LogP contribution is -2.12. The summed E-state index contributed by atoms with van der Waals surface area (Å²) in [6.45, 7) is 3.61. The molecule has 0 unspecified atom stereocenters. The minimum absolute atomic E-state index is 0.247. The molecule has 0 saturated carbocycles. The third-order valence-electron chi connectivity index (χ3n) is 3.83. The highest BCUT2D eigenvalue weighted by Crippen LogP contribution is 2.31. The highest BCUT2D eigenvalue weighted by Gasteiger charge is 2.22. The van der Waals surface area contributed by atoms with Crippen molar-refractivity contribution < 1.29 is 26.8 Å². The maximum Gasteiger partial charge on any atom is 0.295 e. The molecule has 0 amide bonds. The third-order valence-corrected chi connectivity index (χ3v) is 5.08. The molecule has 0 bridgehead atoms. The normalized spacial score (nSPS) is 11.4. The van der Waals surface area contributed by atoms with Crippen molar-refractivity contribution in [1.82, 2.24) is 5.16 Å². The van der Waals surface area contributed by atoms with Crippen molar-refractivity contribution in [2.24, 2.45) is 0 Å². The van der Waals surface area contributed by atoms with E-state index in [0.29, 0.717) is 23.0 Å². The number of sulfonamides is 1. The number of nitrogens with zero attached hydrogens (tertiary/aromatic N) is 1. The Morgan fingerprint density at radius 2 is 1.69 bits per heavy atom. The molecule has 26 heavy (non-hydrogen) atoms. The predicted molar refractivity (Wildman–Crippen MR) is 94.0 cm³/mol. The largest absolute Gasteiger partial charge is 0.497 e. The van der Waals surface area contributed by atoms with Gasteiger partial charge in [-0.05, 0) is 26.0 Å². The molecule has 0 atom stereocenters. The molecule has 0 fully saturated rings. The molecular weight excluding hydrogens is 360 g/mol. The third kappa shape index (κ3) is 3.38. The number of nitrogens with one attached hydrogen (secondary N) is 1. The molecule has 1 aromatic carbocycles. The second-order valence-electron chi connectivity index (χ2n) is 5.55. The van der Waals surface area contributed by atoms with Crippen LogP contribution in [0.4, 0.5) is 5.69 Å². The zero-order valence-electron chi connectivity index (χ0n) is 14.7. The zero-order chi connectivity index (χ0) is 18.9. The summed E-state index contributed by atoms with van der Waals surface area (Å²) in [7, 11) is -0.987. The molecule has 3 aromatic rings.